The molecule has 2 unspecified atom stereocenters. The molecule has 4 rings (SSSR count). The molecule has 1 aliphatic carbocycles. The molecule has 3 heterocycles. The second-order valence-electron chi connectivity index (χ2n) is 7.38. The fourth-order valence-electron chi connectivity index (χ4n) is 4.17. The van der Waals surface area contributed by atoms with Crippen LogP contribution in [0.4, 0.5) is 0 Å². The van der Waals surface area contributed by atoms with Gasteiger partial charge in [-0.15, -0.1) is 0 Å². The van der Waals surface area contributed by atoms with Gasteiger partial charge in [0.2, 0.25) is 17.7 Å². The van der Waals surface area contributed by atoms with E-state index in [1.807, 2.05) is 12.2 Å². The van der Waals surface area contributed by atoms with Crippen molar-refractivity contribution in [2.24, 2.45) is 11.8 Å². The maximum atomic E-state index is 12.5. The predicted molar refractivity (Wildman–Crippen MR) is 97.9 cm³/mol. The van der Waals surface area contributed by atoms with Crippen molar-refractivity contribution in [3.63, 3.8) is 0 Å². The van der Waals surface area contributed by atoms with Crippen LogP contribution in [0.5, 0.6) is 0 Å². The molecule has 4 amide bonds. The third kappa shape index (κ3) is 3.34. The lowest BCUT2D eigenvalue weighted by atomic mass is 9.85. The highest BCUT2D eigenvalue weighted by molar-refractivity contribution is 6.05. The van der Waals surface area contributed by atoms with Crippen molar-refractivity contribution in [3.05, 3.63) is 36.3 Å². The number of hydrogen-bond donors (Lipinski definition) is 0. The first-order valence-corrected chi connectivity index (χ1v) is 9.67. The number of allylic oxidation sites excluding steroid dienone is 2. The van der Waals surface area contributed by atoms with E-state index in [4.69, 9.17) is 4.42 Å². The van der Waals surface area contributed by atoms with Gasteiger partial charge in [-0.25, -0.2) is 0 Å². The SMILES string of the molecule is O=C(CCN1C(=O)C2CC=CCC2C1=O)N1CCN(C(=O)c2ccco2)CC1. The van der Waals surface area contributed by atoms with E-state index >= 15 is 0 Å². The van der Waals surface area contributed by atoms with Crippen molar-refractivity contribution >= 4 is 23.6 Å². The normalized spacial score (nSPS) is 24.6. The van der Waals surface area contributed by atoms with E-state index in [0.717, 1.165) is 0 Å². The maximum Gasteiger partial charge on any atom is 0.289 e. The summed E-state index contributed by atoms with van der Waals surface area (Å²) in [5.74, 6) is -0.809. The highest BCUT2D eigenvalue weighted by atomic mass is 16.3. The lowest BCUT2D eigenvalue weighted by molar-refractivity contribution is -0.141. The van der Waals surface area contributed by atoms with Gasteiger partial charge in [0, 0.05) is 39.1 Å². The van der Waals surface area contributed by atoms with Gasteiger partial charge in [0.25, 0.3) is 5.91 Å². The molecular weight excluding hydrogens is 362 g/mol. The minimum atomic E-state index is -0.260. The number of likely N-dealkylation sites (tertiary alicyclic amines) is 1. The summed E-state index contributed by atoms with van der Waals surface area (Å²) in [7, 11) is 0. The Labute approximate surface area is 162 Å². The van der Waals surface area contributed by atoms with E-state index in [9.17, 15) is 19.2 Å². The number of piperazine rings is 1. The van der Waals surface area contributed by atoms with Crippen LogP contribution in [-0.4, -0.2) is 71.1 Å². The number of amides is 4. The second kappa shape index (κ2) is 7.61. The van der Waals surface area contributed by atoms with E-state index in [0.29, 0.717) is 44.8 Å². The lowest BCUT2D eigenvalue weighted by Crippen LogP contribution is -2.51. The van der Waals surface area contributed by atoms with Crippen LogP contribution in [0.3, 0.4) is 0 Å². The van der Waals surface area contributed by atoms with E-state index < -0.39 is 0 Å². The topological polar surface area (TPSA) is 91.1 Å². The van der Waals surface area contributed by atoms with Crippen molar-refractivity contribution in [3.8, 4) is 0 Å². The number of carbonyl (C=O) groups is 4. The van der Waals surface area contributed by atoms with Crippen LogP contribution < -0.4 is 0 Å². The van der Waals surface area contributed by atoms with Gasteiger partial charge in [-0.05, 0) is 25.0 Å². The Bertz CT molecular complexity index is 782. The summed E-state index contributed by atoms with van der Waals surface area (Å²) in [5.41, 5.74) is 0. The van der Waals surface area contributed by atoms with Gasteiger partial charge in [-0.1, -0.05) is 12.2 Å². The second-order valence-corrected chi connectivity index (χ2v) is 7.38. The zero-order chi connectivity index (χ0) is 19.7. The Kier molecular flexibility index (Phi) is 5.02. The Balaban J connectivity index is 1.27. The molecule has 28 heavy (non-hydrogen) atoms. The van der Waals surface area contributed by atoms with Crippen molar-refractivity contribution in [1.29, 1.82) is 0 Å². The quantitative estimate of drug-likeness (QED) is 0.567. The van der Waals surface area contributed by atoms with Gasteiger partial charge >= 0.3 is 0 Å². The zero-order valence-electron chi connectivity index (χ0n) is 15.6. The van der Waals surface area contributed by atoms with Crippen LogP contribution in [0, 0.1) is 11.8 Å². The van der Waals surface area contributed by atoms with Gasteiger partial charge in [-0.3, -0.25) is 24.1 Å². The molecule has 148 valence electrons. The first kappa shape index (κ1) is 18.5. The fraction of sp³-hybridized carbons (Fsp3) is 0.500. The van der Waals surface area contributed by atoms with Crippen molar-refractivity contribution in [1.82, 2.24) is 14.7 Å². The third-order valence-electron chi connectivity index (χ3n) is 5.80. The zero-order valence-corrected chi connectivity index (χ0v) is 15.6. The molecule has 0 N–H and O–H groups in total. The number of carbonyl (C=O) groups excluding carboxylic acids is 4. The smallest absolute Gasteiger partial charge is 0.289 e. The molecule has 3 aliphatic rings. The number of rotatable bonds is 4. The molecule has 1 aromatic rings. The van der Waals surface area contributed by atoms with Crippen LogP contribution in [0.2, 0.25) is 0 Å². The molecular formula is C20H23N3O5. The molecule has 8 nitrogen and oxygen atoms in total. The van der Waals surface area contributed by atoms with E-state index in [1.54, 1.807) is 21.9 Å². The minimum Gasteiger partial charge on any atom is -0.459 e. The molecule has 2 atom stereocenters. The van der Waals surface area contributed by atoms with Gasteiger partial charge in [-0.2, -0.15) is 0 Å². The first-order valence-electron chi connectivity index (χ1n) is 9.67. The van der Waals surface area contributed by atoms with Crippen LogP contribution in [0.1, 0.15) is 29.8 Å². The molecule has 0 aromatic carbocycles. The van der Waals surface area contributed by atoms with Crippen LogP contribution in [0.15, 0.2) is 35.0 Å². The minimum absolute atomic E-state index is 0.0984. The third-order valence-corrected chi connectivity index (χ3v) is 5.80. The van der Waals surface area contributed by atoms with Gasteiger partial charge in [0.15, 0.2) is 5.76 Å². The molecule has 0 saturated carbocycles. The average Bonchev–Trinajstić information content (AvgIpc) is 3.35. The lowest BCUT2D eigenvalue weighted by Gasteiger charge is -2.34. The van der Waals surface area contributed by atoms with Gasteiger partial charge < -0.3 is 14.2 Å². The van der Waals surface area contributed by atoms with Crippen molar-refractivity contribution in [2.75, 3.05) is 32.7 Å². The number of fused-ring (bicyclic) bond motifs is 1. The summed E-state index contributed by atoms with van der Waals surface area (Å²) < 4.78 is 5.13. The monoisotopic (exact) mass is 385 g/mol. The molecule has 2 fully saturated rings. The predicted octanol–water partition coefficient (Wildman–Crippen LogP) is 0.905. The van der Waals surface area contributed by atoms with Crippen LogP contribution in [0.25, 0.3) is 0 Å². The molecule has 0 bridgehead atoms. The maximum absolute atomic E-state index is 12.5. The number of nitrogens with zero attached hydrogens (tertiary/aromatic N) is 3. The van der Waals surface area contributed by atoms with Crippen molar-refractivity contribution in [2.45, 2.75) is 19.3 Å². The summed E-state index contributed by atoms with van der Waals surface area (Å²) in [6, 6.07) is 3.29. The van der Waals surface area contributed by atoms with Gasteiger partial charge in [0.1, 0.15) is 0 Å². The fourth-order valence-corrected chi connectivity index (χ4v) is 4.17. The average molecular weight is 385 g/mol. The highest BCUT2D eigenvalue weighted by Gasteiger charge is 2.47. The standard InChI is InChI=1S/C20H23N3O5/c24-17(7-8-23-18(25)14-4-1-2-5-15(14)19(23)26)21-9-11-22(12-10-21)20(27)16-6-3-13-28-16/h1-3,6,13-15H,4-5,7-12H2. The summed E-state index contributed by atoms with van der Waals surface area (Å²) in [5, 5.41) is 0. The Morgan fingerprint density at radius 2 is 1.57 bits per heavy atom. The molecule has 2 saturated heterocycles. The summed E-state index contributed by atoms with van der Waals surface area (Å²) in [6.45, 7) is 1.87. The Morgan fingerprint density at radius 1 is 0.964 bits per heavy atom. The molecule has 1 aromatic heterocycles. The van der Waals surface area contributed by atoms with Crippen molar-refractivity contribution < 1.29 is 23.6 Å². The summed E-state index contributed by atoms with van der Waals surface area (Å²) in [4.78, 5) is 54.3. The number of hydrogen-bond acceptors (Lipinski definition) is 5. The van der Waals surface area contributed by atoms with E-state index in [1.165, 1.54) is 11.2 Å². The van der Waals surface area contributed by atoms with E-state index in [2.05, 4.69) is 0 Å². The van der Waals surface area contributed by atoms with E-state index in [-0.39, 0.29) is 48.4 Å². The summed E-state index contributed by atoms with van der Waals surface area (Å²) >= 11 is 0. The molecule has 2 aliphatic heterocycles. The van der Waals surface area contributed by atoms with Gasteiger partial charge in [0.05, 0.1) is 18.1 Å². The number of imide groups is 1. The highest BCUT2D eigenvalue weighted by Crippen LogP contribution is 2.35. The summed E-state index contributed by atoms with van der Waals surface area (Å²) in [6.07, 6.45) is 6.68. The molecule has 8 heteroatoms. The molecule has 0 radical (unpaired) electrons. The first-order chi connectivity index (χ1) is 13.6. The largest absolute Gasteiger partial charge is 0.459 e. The molecule has 0 spiro atoms. The Hall–Kier alpha value is -2.90. The van der Waals surface area contributed by atoms with Crippen LogP contribution in [-0.2, 0) is 14.4 Å². The van der Waals surface area contributed by atoms with Crippen LogP contribution >= 0.6 is 0 Å². The number of furan rings is 1. The Morgan fingerprint density at radius 3 is 2.14 bits per heavy atom.